The standard InChI is InChI=1S/C20H32ClN3O3/c1-3-22-20(23-10-6-11-25-15-18-7-5-12-27-18)24-14-16-8-9-17(21)13-19(16)26-4-2/h8-9,13,18H,3-7,10-12,14-15H2,1-2H3,(H2,22,23,24). The van der Waals surface area contributed by atoms with Gasteiger partial charge in [-0.05, 0) is 45.2 Å². The van der Waals surface area contributed by atoms with Gasteiger partial charge in [-0.15, -0.1) is 0 Å². The van der Waals surface area contributed by atoms with E-state index in [2.05, 4.69) is 22.5 Å². The summed E-state index contributed by atoms with van der Waals surface area (Å²) in [7, 11) is 0. The summed E-state index contributed by atoms with van der Waals surface area (Å²) < 4.78 is 16.9. The molecular weight excluding hydrogens is 366 g/mol. The average molecular weight is 398 g/mol. The van der Waals surface area contributed by atoms with Gasteiger partial charge in [0.05, 0.1) is 25.9 Å². The number of hydrogen-bond donors (Lipinski definition) is 2. The second kappa shape index (κ2) is 12.8. The zero-order chi connectivity index (χ0) is 19.3. The molecule has 2 N–H and O–H groups in total. The van der Waals surface area contributed by atoms with Crippen molar-refractivity contribution >= 4 is 17.6 Å². The predicted molar refractivity (Wildman–Crippen MR) is 110 cm³/mol. The Labute approximate surface area is 167 Å². The fourth-order valence-corrected chi connectivity index (χ4v) is 2.99. The highest BCUT2D eigenvalue weighted by atomic mass is 35.5. The van der Waals surface area contributed by atoms with E-state index in [1.807, 2.05) is 25.1 Å². The van der Waals surface area contributed by atoms with Crippen LogP contribution in [0.4, 0.5) is 0 Å². The summed E-state index contributed by atoms with van der Waals surface area (Å²) >= 11 is 6.06. The minimum Gasteiger partial charge on any atom is -0.493 e. The lowest BCUT2D eigenvalue weighted by atomic mass is 10.2. The molecule has 1 aliphatic heterocycles. The van der Waals surface area contributed by atoms with Crippen molar-refractivity contribution in [3.63, 3.8) is 0 Å². The lowest BCUT2D eigenvalue weighted by Crippen LogP contribution is -2.38. The largest absolute Gasteiger partial charge is 0.493 e. The topological polar surface area (TPSA) is 64.1 Å². The Morgan fingerprint density at radius 3 is 2.96 bits per heavy atom. The molecule has 0 spiro atoms. The summed E-state index contributed by atoms with van der Waals surface area (Å²) in [6.07, 6.45) is 3.47. The van der Waals surface area contributed by atoms with Crippen LogP contribution in [0.5, 0.6) is 5.75 Å². The van der Waals surface area contributed by atoms with Gasteiger partial charge in [-0.2, -0.15) is 0 Å². The van der Waals surface area contributed by atoms with Crippen molar-refractivity contribution in [1.29, 1.82) is 0 Å². The SMILES string of the molecule is CCNC(=NCc1ccc(Cl)cc1OCC)NCCCOCC1CCCO1. The molecule has 0 aromatic heterocycles. The quantitative estimate of drug-likeness (QED) is 0.340. The van der Waals surface area contributed by atoms with Crippen molar-refractivity contribution < 1.29 is 14.2 Å². The molecule has 7 heteroatoms. The molecular formula is C20H32ClN3O3. The van der Waals surface area contributed by atoms with Crippen molar-refractivity contribution in [3.05, 3.63) is 28.8 Å². The van der Waals surface area contributed by atoms with E-state index >= 15 is 0 Å². The molecule has 1 aromatic rings. The Balaban J connectivity index is 1.74. The summed E-state index contributed by atoms with van der Waals surface area (Å²) in [6, 6.07) is 5.65. The Kier molecular flexibility index (Phi) is 10.3. The van der Waals surface area contributed by atoms with Crippen LogP contribution in [0.3, 0.4) is 0 Å². The predicted octanol–water partition coefficient (Wildman–Crippen LogP) is 3.38. The van der Waals surface area contributed by atoms with Crippen LogP contribution in [0.15, 0.2) is 23.2 Å². The van der Waals surface area contributed by atoms with E-state index in [-0.39, 0.29) is 6.10 Å². The van der Waals surface area contributed by atoms with Crippen LogP contribution in [0, 0.1) is 0 Å². The molecule has 2 rings (SSSR count). The molecule has 1 fully saturated rings. The van der Waals surface area contributed by atoms with Gasteiger partial charge in [-0.1, -0.05) is 17.7 Å². The number of guanidine groups is 1. The fraction of sp³-hybridized carbons (Fsp3) is 0.650. The molecule has 1 aromatic carbocycles. The van der Waals surface area contributed by atoms with Crippen LogP contribution in [-0.4, -0.2) is 51.6 Å². The normalized spacial score (nSPS) is 17.1. The first-order valence-corrected chi connectivity index (χ1v) is 10.2. The molecule has 1 unspecified atom stereocenters. The maximum atomic E-state index is 6.06. The zero-order valence-electron chi connectivity index (χ0n) is 16.4. The third-order valence-electron chi connectivity index (χ3n) is 4.17. The lowest BCUT2D eigenvalue weighted by Gasteiger charge is -2.13. The number of nitrogens with zero attached hydrogens (tertiary/aromatic N) is 1. The molecule has 0 radical (unpaired) electrons. The lowest BCUT2D eigenvalue weighted by molar-refractivity contribution is 0.0168. The number of halogens is 1. The van der Waals surface area contributed by atoms with Gasteiger partial charge in [-0.3, -0.25) is 0 Å². The molecule has 1 atom stereocenters. The number of ether oxygens (including phenoxy) is 3. The second-order valence-electron chi connectivity index (χ2n) is 6.37. The van der Waals surface area contributed by atoms with Crippen LogP contribution in [0.1, 0.15) is 38.7 Å². The molecule has 0 bridgehead atoms. The number of nitrogens with one attached hydrogen (secondary N) is 2. The second-order valence-corrected chi connectivity index (χ2v) is 6.81. The first kappa shape index (κ1) is 21.8. The molecule has 0 aliphatic carbocycles. The van der Waals surface area contributed by atoms with Crippen LogP contribution in [0.2, 0.25) is 5.02 Å². The van der Waals surface area contributed by atoms with Gasteiger partial charge in [0.15, 0.2) is 5.96 Å². The first-order chi connectivity index (χ1) is 13.2. The van der Waals surface area contributed by atoms with Crippen molar-refractivity contribution in [2.75, 3.05) is 39.5 Å². The summed E-state index contributed by atoms with van der Waals surface area (Å²) in [5.74, 6) is 1.57. The maximum Gasteiger partial charge on any atom is 0.191 e. The number of rotatable bonds is 11. The fourth-order valence-electron chi connectivity index (χ4n) is 2.83. The highest BCUT2D eigenvalue weighted by molar-refractivity contribution is 6.30. The average Bonchev–Trinajstić information content (AvgIpc) is 3.17. The van der Waals surface area contributed by atoms with Crippen LogP contribution in [0.25, 0.3) is 0 Å². The monoisotopic (exact) mass is 397 g/mol. The summed E-state index contributed by atoms with van der Waals surface area (Å²) in [5.41, 5.74) is 1.01. The van der Waals surface area contributed by atoms with E-state index in [0.717, 1.165) is 62.8 Å². The van der Waals surface area contributed by atoms with Crippen molar-refractivity contribution in [2.24, 2.45) is 4.99 Å². The van der Waals surface area contributed by atoms with Crippen molar-refractivity contribution in [3.8, 4) is 5.75 Å². The Morgan fingerprint density at radius 2 is 2.22 bits per heavy atom. The summed E-state index contributed by atoms with van der Waals surface area (Å²) in [4.78, 5) is 4.65. The molecule has 152 valence electrons. The number of benzene rings is 1. The van der Waals surface area contributed by atoms with E-state index in [1.165, 1.54) is 0 Å². The van der Waals surface area contributed by atoms with Crippen LogP contribution in [-0.2, 0) is 16.0 Å². The van der Waals surface area contributed by atoms with Gasteiger partial charge < -0.3 is 24.8 Å². The third kappa shape index (κ3) is 8.37. The van der Waals surface area contributed by atoms with Crippen LogP contribution >= 0.6 is 11.6 Å². The van der Waals surface area contributed by atoms with Crippen molar-refractivity contribution in [2.45, 2.75) is 45.8 Å². The number of hydrogen-bond acceptors (Lipinski definition) is 4. The molecule has 1 saturated heterocycles. The number of aliphatic imine (C=N–C) groups is 1. The van der Waals surface area contributed by atoms with Gasteiger partial charge in [-0.25, -0.2) is 4.99 Å². The minimum absolute atomic E-state index is 0.288. The highest BCUT2D eigenvalue weighted by Crippen LogP contribution is 2.24. The van der Waals surface area contributed by atoms with E-state index in [1.54, 1.807) is 0 Å². The van der Waals surface area contributed by atoms with E-state index < -0.39 is 0 Å². The highest BCUT2D eigenvalue weighted by Gasteiger charge is 2.14. The summed E-state index contributed by atoms with van der Waals surface area (Å²) in [6.45, 7) is 9.03. The Morgan fingerprint density at radius 1 is 1.33 bits per heavy atom. The summed E-state index contributed by atoms with van der Waals surface area (Å²) in [5, 5.41) is 7.27. The van der Waals surface area contributed by atoms with Gasteiger partial charge in [0.1, 0.15) is 5.75 Å². The van der Waals surface area contributed by atoms with Gasteiger partial charge in [0, 0.05) is 36.9 Å². The first-order valence-electron chi connectivity index (χ1n) is 9.85. The van der Waals surface area contributed by atoms with E-state index in [9.17, 15) is 0 Å². The Hall–Kier alpha value is -1.50. The van der Waals surface area contributed by atoms with E-state index in [4.69, 9.17) is 25.8 Å². The van der Waals surface area contributed by atoms with Crippen LogP contribution < -0.4 is 15.4 Å². The van der Waals surface area contributed by atoms with Crippen molar-refractivity contribution in [1.82, 2.24) is 10.6 Å². The maximum absolute atomic E-state index is 6.06. The minimum atomic E-state index is 0.288. The Bertz CT molecular complexity index is 578. The molecule has 27 heavy (non-hydrogen) atoms. The van der Waals surface area contributed by atoms with Gasteiger partial charge in [0.25, 0.3) is 0 Å². The molecule has 1 aliphatic rings. The smallest absolute Gasteiger partial charge is 0.191 e. The third-order valence-corrected chi connectivity index (χ3v) is 4.40. The molecule has 0 amide bonds. The zero-order valence-corrected chi connectivity index (χ0v) is 17.2. The molecule has 0 saturated carbocycles. The molecule has 6 nitrogen and oxygen atoms in total. The van der Waals surface area contributed by atoms with Gasteiger partial charge >= 0.3 is 0 Å². The van der Waals surface area contributed by atoms with Gasteiger partial charge in [0.2, 0.25) is 0 Å². The molecule has 1 heterocycles. The van der Waals surface area contributed by atoms with E-state index in [0.29, 0.717) is 24.8 Å².